The minimum Gasteiger partial charge on any atom is -0.353 e. The van der Waals surface area contributed by atoms with E-state index in [2.05, 4.69) is 34.0 Å². The first-order valence-corrected chi connectivity index (χ1v) is 7.07. The molecule has 1 N–H and O–H groups in total. The van der Waals surface area contributed by atoms with Crippen LogP contribution in [-0.2, 0) is 13.0 Å². The van der Waals surface area contributed by atoms with Gasteiger partial charge in [-0.3, -0.25) is 0 Å². The van der Waals surface area contributed by atoms with Gasteiger partial charge in [-0.2, -0.15) is 0 Å². The van der Waals surface area contributed by atoms with E-state index >= 15 is 0 Å². The summed E-state index contributed by atoms with van der Waals surface area (Å²) in [6.45, 7) is 7.74. The summed E-state index contributed by atoms with van der Waals surface area (Å²) in [5.41, 5.74) is 2.57. The van der Waals surface area contributed by atoms with Crippen LogP contribution in [0.2, 0.25) is 0 Å². The zero-order valence-corrected chi connectivity index (χ0v) is 11.3. The van der Waals surface area contributed by atoms with Gasteiger partial charge in [0.15, 0.2) is 0 Å². The molecule has 3 heterocycles. The molecule has 0 aromatic carbocycles. The van der Waals surface area contributed by atoms with Crippen LogP contribution < -0.4 is 10.2 Å². The van der Waals surface area contributed by atoms with Crippen LogP contribution in [0.3, 0.4) is 0 Å². The minimum atomic E-state index is 0.644. The Bertz CT molecular complexity index is 430. The topological polar surface area (TPSA) is 41.1 Å². The molecule has 1 atom stereocenters. The SMILES string of the molecule is CC(C)C1CCCN1c1ncnc2c1CNCC2. The van der Waals surface area contributed by atoms with Crippen molar-refractivity contribution in [3.05, 3.63) is 17.6 Å². The number of hydrogen-bond donors (Lipinski definition) is 1. The Balaban J connectivity index is 1.96. The van der Waals surface area contributed by atoms with E-state index in [0.29, 0.717) is 12.0 Å². The Hall–Kier alpha value is -1.16. The third-order valence-corrected chi connectivity index (χ3v) is 4.19. The van der Waals surface area contributed by atoms with E-state index in [0.717, 1.165) is 26.1 Å². The molecule has 98 valence electrons. The molecule has 0 amide bonds. The van der Waals surface area contributed by atoms with Crippen LogP contribution in [0.25, 0.3) is 0 Å². The molecule has 0 bridgehead atoms. The predicted molar refractivity (Wildman–Crippen MR) is 72.6 cm³/mol. The number of fused-ring (bicyclic) bond motifs is 1. The van der Waals surface area contributed by atoms with Crippen molar-refractivity contribution in [1.82, 2.24) is 15.3 Å². The molecule has 18 heavy (non-hydrogen) atoms. The summed E-state index contributed by atoms with van der Waals surface area (Å²) in [5, 5.41) is 3.44. The Morgan fingerprint density at radius 2 is 2.28 bits per heavy atom. The Morgan fingerprint density at radius 3 is 3.11 bits per heavy atom. The lowest BCUT2D eigenvalue weighted by Gasteiger charge is -2.31. The summed E-state index contributed by atoms with van der Waals surface area (Å²) in [6.07, 6.45) is 5.36. The van der Waals surface area contributed by atoms with E-state index in [1.807, 2.05) is 0 Å². The Labute approximate surface area is 109 Å². The lowest BCUT2D eigenvalue weighted by atomic mass is 10.0. The van der Waals surface area contributed by atoms with Gasteiger partial charge in [0.2, 0.25) is 0 Å². The fraction of sp³-hybridized carbons (Fsp3) is 0.714. The first kappa shape index (κ1) is 11.9. The fourth-order valence-electron chi connectivity index (χ4n) is 3.25. The van der Waals surface area contributed by atoms with Crippen molar-refractivity contribution < 1.29 is 0 Å². The van der Waals surface area contributed by atoms with Crippen molar-refractivity contribution in [2.24, 2.45) is 5.92 Å². The van der Waals surface area contributed by atoms with Gasteiger partial charge in [0.25, 0.3) is 0 Å². The van der Waals surface area contributed by atoms with Gasteiger partial charge in [0.05, 0.1) is 5.69 Å². The van der Waals surface area contributed by atoms with Crippen LogP contribution >= 0.6 is 0 Å². The molecule has 1 unspecified atom stereocenters. The van der Waals surface area contributed by atoms with Crippen molar-refractivity contribution in [2.75, 3.05) is 18.0 Å². The maximum atomic E-state index is 4.58. The zero-order valence-electron chi connectivity index (χ0n) is 11.3. The molecule has 3 rings (SSSR count). The van der Waals surface area contributed by atoms with Gasteiger partial charge in [-0.15, -0.1) is 0 Å². The summed E-state index contributed by atoms with van der Waals surface area (Å²) in [4.78, 5) is 11.5. The second-order valence-corrected chi connectivity index (χ2v) is 5.70. The van der Waals surface area contributed by atoms with Crippen molar-refractivity contribution in [3.63, 3.8) is 0 Å². The molecule has 0 spiro atoms. The van der Waals surface area contributed by atoms with Crippen LogP contribution in [0, 0.1) is 5.92 Å². The quantitative estimate of drug-likeness (QED) is 0.863. The maximum Gasteiger partial charge on any atom is 0.137 e. The third-order valence-electron chi connectivity index (χ3n) is 4.19. The largest absolute Gasteiger partial charge is 0.353 e. The molecule has 0 radical (unpaired) electrons. The summed E-state index contributed by atoms with van der Waals surface area (Å²) in [5.74, 6) is 1.87. The monoisotopic (exact) mass is 246 g/mol. The van der Waals surface area contributed by atoms with Crippen LogP contribution in [0.1, 0.15) is 37.9 Å². The van der Waals surface area contributed by atoms with E-state index in [1.165, 1.54) is 29.9 Å². The summed E-state index contributed by atoms with van der Waals surface area (Å²) < 4.78 is 0. The van der Waals surface area contributed by atoms with Crippen molar-refractivity contribution >= 4 is 5.82 Å². The van der Waals surface area contributed by atoms with Crippen LogP contribution in [-0.4, -0.2) is 29.1 Å². The number of rotatable bonds is 2. The highest BCUT2D eigenvalue weighted by molar-refractivity contribution is 5.51. The lowest BCUT2D eigenvalue weighted by Crippen LogP contribution is -2.36. The number of nitrogens with one attached hydrogen (secondary N) is 1. The van der Waals surface area contributed by atoms with E-state index in [1.54, 1.807) is 6.33 Å². The molecule has 4 heteroatoms. The molecule has 2 aliphatic heterocycles. The van der Waals surface area contributed by atoms with Crippen LogP contribution in [0.4, 0.5) is 5.82 Å². The predicted octanol–water partition coefficient (Wildman–Crippen LogP) is 1.75. The average molecular weight is 246 g/mol. The number of anilines is 1. The van der Waals surface area contributed by atoms with E-state index in [9.17, 15) is 0 Å². The van der Waals surface area contributed by atoms with Crippen molar-refractivity contribution in [2.45, 2.75) is 45.7 Å². The molecule has 1 aromatic heterocycles. The molecule has 0 saturated carbocycles. The van der Waals surface area contributed by atoms with Crippen LogP contribution in [0.5, 0.6) is 0 Å². The molecular formula is C14H22N4. The maximum absolute atomic E-state index is 4.58. The molecule has 1 saturated heterocycles. The highest BCUT2D eigenvalue weighted by Gasteiger charge is 2.30. The zero-order chi connectivity index (χ0) is 12.5. The Kier molecular flexibility index (Phi) is 3.20. The second kappa shape index (κ2) is 4.84. The van der Waals surface area contributed by atoms with Crippen molar-refractivity contribution in [3.8, 4) is 0 Å². The van der Waals surface area contributed by atoms with Gasteiger partial charge in [0, 0.05) is 37.7 Å². The van der Waals surface area contributed by atoms with Gasteiger partial charge in [0.1, 0.15) is 12.1 Å². The highest BCUT2D eigenvalue weighted by atomic mass is 15.2. The second-order valence-electron chi connectivity index (χ2n) is 5.70. The van der Waals surface area contributed by atoms with Gasteiger partial charge in [-0.1, -0.05) is 13.8 Å². The van der Waals surface area contributed by atoms with Crippen LogP contribution in [0.15, 0.2) is 6.33 Å². The highest BCUT2D eigenvalue weighted by Crippen LogP contribution is 2.31. The molecule has 1 fully saturated rings. The number of nitrogens with zero attached hydrogens (tertiary/aromatic N) is 3. The first-order valence-electron chi connectivity index (χ1n) is 7.07. The van der Waals surface area contributed by atoms with E-state index in [-0.39, 0.29) is 0 Å². The van der Waals surface area contributed by atoms with Gasteiger partial charge in [-0.05, 0) is 18.8 Å². The number of aromatic nitrogens is 2. The van der Waals surface area contributed by atoms with E-state index in [4.69, 9.17) is 0 Å². The molecule has 1 aromatic rings. The Morgan fingerprint density at radius 1 is 1.39 bits per heavy atom. The lowest BCUT2D eigenvalue weighted by molar-refractivity contribution is 0.486. The van der Waals surface area contributed by atoms with Crippen molar-refractivity contribution in [1.29, 1.82) is 0 Å². The minimum absolute atomic E-state index is 0.644. The molecule has 4 nitrogen and oxygen atoms in total. The van der Waals surface area contributed by atoms with Gasteiger partial charge in [-0.25, -0.2) is 9.97 Å². The summed E-state index contributed by atoms with van der Waals surface area (Å²) >= 11 is 0. The molecule has 2 aliphatic rings. The number of hydrogen-bond acceptors (Lipinski definition) is 4. The molecule has 0 aliphatic carbocycles. The van der Waals surface area contributed by atoms with E-state index < -0.39 is 0 Å². The average Bonchev–Trinajstić information content (AvgIpc) is 2.87. The normalized spacial score (nSPS) is 23.5. The third kappa shape index (κ3) is 1.99. The smallest absolute Gasteiger partial charge is 0.137 e. The first-order chi connectivity index (χ1) is 8.77. The standard InChI is InChI=1S/C14H22N4/c1-10(2)13-4-3-7-18(13)14-11-8-15-6-5-12(11)16-9-17-14/h9-10,13,15H,3-8H2,1-2H3. The van der Waals surface area contributed by atoms with Gasteiger partial charge >= 0.3 is 0 Å². The fourth-order valence-corrected chi connectivity index (χ4v) is 3.25. The summed E-state index contributed by atoms with van der Waals surface area (Å²) in [6, 6.07) is 0.644. The van der Waals surface area contributed by atoms with Gasteiger partial charge < -0.3 is 10.2 Å². The molecular weight excluding hydrogens is 224 g/mol. The summed E-state index contributed by atoms with van der Waals surface area (Å²) in [7, 11) is 0.